The highest BCUT2D eigenvalue weighted by molar-refractivity contribution is 5.79. The molecule has 6 heteroatoms. The van der Waals surface area contributed by atoms with Crippen LogP contribution < -0.4 is 15.4 Å². The van der Waals surface area contributed by atoms with Crippen molar-refractivity contribution >= 4 is 5.96 Å². The summed E-state index contributed by atoms with van der Waals surface area (Å²) in [5, 5.41) is 6.45. The Morgan fingerprint density at radius 1 is 1.00 bits per heavy atom. The lowest BCUT2D eigenvalue weighted by Gasteiger charge is -2.13. The van der Waals surface area contributed by atoms with Crippen molar-refractivity contribution in [3.8, 4) is 5.75 Å². The van der Waals surface area contributed by atoms with Gasteiger partial charge in [0.05, 0.1) is 6.61 Å². The van der Waals surface area contributed by atoms with Crippen LogP contribution in [0.4, 0.5) is 4.39 Å². The number of methoxy groups -OCH3 is 1. The first-order valence-electron chi connectivity index (χ1n) is 8.11. The van der Waals surface area contributed by atoms with E-state index in [1.54, 1.807) is 26.3 Å². The van der Waals surface area contributed by atoms with Crippen LogP contribution in [0.25, 0.3) is 0 Å². The molecule has 0 saturated carbocycles. The van der Waals surface area contributed by atoms with E-state index in [-0.39, 0.29) is 5.82 Å². The van der Waals surface area contributed by atoms with Crippen LogP contribution >= 0.6 is 0 Å². The van der Waals surface area contributed by atoms with Gasteiger partial charge in [-0.3, -0.25) is 4.99 Å². The van der Waals surface area contributed by atoms with Crippen molar-refractivity contribution in [1.82, 2.24) is 10.6 Å². The molecule has 0 aliphatic heterocycles. The zero-order valence-electron chi connectivity index (χ0n) is 14.6. The number of rotatable bonds is 8. The SMILES string of the molecule is CN=C(NCc1ccc(F)cc1)NCc1cccc(OCCOC)c1. The minimum absolute atomic E-state index is 0.237. The van der Waals surface area contributed by atoms with E-state index in [2.05, 4.69) is 15.6 Å². The quantitative estimate of drug-likeness (QED) is 0.439. The molecule has 2 rings (SSSR count). The summed E-state index contributed by atoms with van der Waals surface area (Å²) >= 11 is 0. The molecule has 0 spiro atoms. The van der Waals surface area contributed by atoms with Gasteiger partial charge in [-0.15, -0.1) is 0 Å². The molecular weight excluding hydrogens is 321 g/mol. The average Bonchev–Trinajstić information content (AvgIpc) is 2.64. The fourth-order valence-corrected chi connectivity index (χ4v) is 2.18. The van der Waals surface area contributed by atoms with Gasteiger partial charge in [0.15, 0.2) is 5.96 Å². The van der Waals surface area contributed by atoms with Crippen LogP contribution in [0.15, 0.2) is 53.5 Å². The number of aliphatic imine (C=N–C) groups is 1. The normalized spacial score (nSPS) is 11.2. The van der Waals surface area contributed by atoms with Gasteiger partial charge in [0.1, 0.15) is 18.2 Å². The molecule has 0 aliphatic carbocycles. The van der Waals surface area contributed by atoms with Crippen molar-refractivity contribution in [2.75, 3.05) is 27.4 Å². The Kier molecular flexibility index (Phi) is 7.72. The van der Waals surface area contributed by atoms with E-state index >= 15 is 0 Å². The van der Waals surface area contributed by atoms with E-state index in [0.717, 1.165) is 16.9 Å². The molecule has 0 saturated heterocycles. The predicted molar refractivity (Wildman–Crippen MR) is 97.3 cm³/mol. The number of hydrogen-bond acceptors (Lipinski definition) is 3. The summed E-state index contributed by atoms with van der Waals surface area (Å²) in [5.41, 5.74) is 2.07. The standard InChI is InChI=1S/C19H24FN3O2/c1-21-19(22-13-15-6-8-17(20)9-7-15)23-14-16-4-3-5-18(12-16)25-11-10-24-2/h3-9,12H,10-11,13-14H2,1-2H3,(H2,21,22,23). The molecular formula is C19H24FN3O2. The molecule has 0 heterocycles. The molecule has 25 heavy (non-hydrogen) atoms. The molecule has 0 fully saturated rings. The fourth-order valence-electron chi connectivity index (χ4n) is 2.18. The Morgan fingerprint density at radius 3 is 2.40 bits per heavy atom. The third kappa shape index (κ3) is 6.81. The van der Waals surface area contributed by atoms with Gasteiger partial charge in [0.2, 0.25) is 0 Å². The van der Waals surface area contributed by atoms with Crippen LogP contribution in [0.5, 0.6) is 5.75 Å². The highest BCUT2D eigenvalue weighted by atomic mass is 19.1. The van der Waals surface area contributed by atoms with Crippen LogP contribution in [0.3, 0.4) is 0 Å². The van der Waals surface area contributed by atoms with Crippen molar-refractivity contribution < 1.29 is 13.9 Å². The predicted octanol–water partition coefficient (Wildman–Crippen LogP) is 2.72. The first-order valence-corrected chi connectivity index (χ1v) is 8.11. The smallest absolute Gasteiger partial charge is 0.191 e. The minimum atomic E-state index is -0.237. The van der Waals surface area contributed by atoms with Crippen LogP contribution in [0, 0.1) is 5.82 Å². The van der Waals surface area contributed by atoms with Gasteiger partial charge in [0.25, 0.3) is 0 Å². The third-order valence-corrected chi connectivity index (χ3v) is 3.51. The highest BCUT2D eigenvalue weighted by Crippen LogP contribution is 2.13. The van der Waals surface area contributed by atoms with Crippen LogP contribution in [-0.4, -0.2) is 33.3 Å². The second-order valence-electron chi connectivity index (χ2n) is 5.39. The molecule has 134 valence electrons. The van der Waals surface area contributed by atoms with E-state index in [4.69, 9.17) is 9.47 Å². The maximum absolute atomic E-state index is 12.9. The number of benzene rings is 2. The van der Waals surface area contributed by atoms with Crippen LogP contribution in [0.2, 0.25) is 0 Å². The number of halogens is 1. The van der Waals surface area contributed by atoms with E-state index in [1.165, 1.54) is 12.1 Å². The summed E-state index contributed by atoms with van der Waals surface area (Å²) in [7, 11) is 3.36. The van der Waals surface area contributed by atoms with Crippen LogP contribution in [-0.2, 0) is 17.8 Å². The Hall–Kier alpha value is -2.60. The Labute approximate surface area is 147 Å². The lowest BCUT2D eigenvalue weighted by molar-refractivity contribution is 0.146. The second-order valence-corrected chi connectivity index (χ2v) is 5.39. The molecule has 0 atom stereocenters. The van der Waals surface area contributed by atoms with Gasteiger partial charge in [0, 0.05) is 27.2 Å². The summed E-state index contributed by atoms with van der Waals surface area (Å²) in [6.07, 6.45) is 0. The number of nitrogens with one attached hydrogen (secondary N) is 2. The lowest BCUT2D eigenvalue weighted by atomic mass is 10.2. The lowest BCUT2D eigenvalue weighted by Crippen LogP contribution is -2.36. The number of ether oxygens (including phenoxy) is 2. The molecule has 0 radical (unpaired) electrons. The number of nitrogens with zero attached hydrogens (tertiary/aromatic N) is 1. The molecule has 0 amide bonds. The van der Waals surface area contributed by atoms with Gasteiger partial charge in [-0.2, -0.15) is 0 Å². The molecule has 0 bridgehead atoms. The van der Waals surface area contributed by atoms with E-state index in [0.29, 0.717) is 32.3 Å². The van der Waals surface area contributed by atoms with E-state index < -0.39 is 0 Å². The first-order chi connectivity index (χ1) is 12.2. The number of hydrogen-bond donors (Lipinski definition) is 2. The molecule has 2 N–H and O–H groups in total. The first kappa shape index (κ1) is 18.7. The summed E-state index contributed by atoms with van der Waals surface area (Å²) in [6, 6.07) is 14.3. The monoisotopic (exact) mass is 345 g/mol. The molecule has 5 nitrogen and oxygen atoms in total. The largest absolute Gasteiger partial charge is 0.491 e. The molecule has 0 aromatic heterocycles. The van der Waals surface area contributed by atoms with Gasteiger partial charge in [-0.25, -0.2) is 4.39 Å². The average molecular weight is 345 g/mol. The summed E-state index contributed by atoms with van der Waals surface area (Å²) in [6.45, 7) is 2.27. The van der Waals surface area contributed by atoms with Gasteiger partial charge < -0.3 is 20.1 Å². The van der Waals surface area contributed by atoms with Crippen molar-refractivity contribution in [2.45, 2.75) is 13.1 Å². The summed E-state index contributed by atoms with van der Waals surface area (Å²) in [5.74, 6) is 1.25. The van der Waals surface area contributed by atoms with Gasteiger partial charge in [-0.1, -0.05) is 24.3 Å². The zero-order valence-corrected chi connectivity index (χ0v) is 14.6. The summed E-state index contributed by atoms with van der Waals surface area (Å²) < 4.78 is 23.5. The van der Waals surface area contributed by atoms with Crippen molar-refractivity contribution in [3.63, 3.8) is 0 Å². The maximum Gasteiger partial charge on any atom is 0.191 e. The zero-order chi connectivity index (χ0) is 17.9. The van der Waals surface area contributed by atoms with E-state index in [1.807, 2.05) is 24.3 Å². The molecule has 0 unspecified atom stereocenters. The molecule has 0 aliphatic rings. The Morgan fingerprint density at radius 2 is 1.72 bits per heavy atom. The van der Waals surface area contributed by atoms with Gasteiger partial charge >= 0.3 is 0 Å². The Bertz CT molecular complexity index is 675. The molecule has 2 aromatic carbocycles. The second kappa shape index (κ2) is 10.3. The highest BCUT2D eigenvalue weighted by Gasteiger charge is 2.01. The van der Waals surface area contributed by atoms with Gasteiger partial charge in [-0.05, 0) is 35.4 Å². The van der Waals surface area contributed by atoms with Crippen molar-refractivity contribution in [3.05, 3.63) is 65.5 Å². The minimum Gasteiger partial charge on any atom is -0.491 e. The van der Waals surface area contributed by atoms with Crippen LogP contribution in [0.1, 0.15) is 11.1 Å². The van der Waals surface area contributed by atoms with E-state index in [9.17, 15) is 4.39 Å². The topological polar surface area (TPSA) is 54.9 Å². The van der Waals surface area contributed by atoms with Crippen molar-refractivity contribution in [2.24, 2.45) is 4.99 Å². The Balaban J connectivity index is 1.81. The fraction of sp³-hybridized carbons (Fsp3) is 0.316. The third-order valence-electron chi connectivity index (χ3n) is 3.51. The number of guanidine groups is 1. The molecule has 2 aromatic rings. The summed E-state index contributed by atoms with van der Waals surface area (Å²) in [4.78, 5) is 4.19. The van der Waals surface area contributed by atoms with Crippen molar-refractivity contribution in [1.29, 1.82) is 0 Å². The maximum atomic E-state index is 12.9.